The second kappa shape index (κ2) is 5.00. The molecule has 1 N–H and O–H groups in total. The number of hydrogen-bond donors (Lipinski definition) is 1. The maximum absolute atomic E-state index is 5.98. The number of ether oxygens (including phenoxy) is 1. The van der Waals surface area contributed by atoms with Gasteiger partial charge in [-0.25, -0.2) is 0 Å². The Morgan fingerprint density at radius 3 is 2.94 bits per heavy atom. The smallest absolute Gasteiger partial charge is 0.0702 e. The topological polar surface area (TPSA) is 21.3 Å². The summed E-state index contributed by atoms with van der Waals surface area (Å²) in [5.74, 6) is 0. The lowest BCUT2D eigenvalue weighted by atomic mass is 9.74. The third-order valence-corrected chi connectivity index (χ3v) is 4.99. The van der Waals surface area contributed by atoms with Crippen LogP contribution in [0.25, 0.3) is 0 Å². The minimum absolute atomic E-state index is 0.228. The third kappa shape index (κ3) is 2.52. The fourth-order valence-electron chi connectivity index (χ4n) is 3.04. The number of aryl methyl sites for hydroxylation is 1. The molecule has 2 nitrogen and oxygen atoms in total. The van der Waals surface area contributed by atoms with E-state index in [4.69, 9.17) is 4.74 Å². The van der Waals surface area contributed by atoms with E-state index >= 15 is 0 Å². The molecule has 18 heavy (non-hydrogen) atoms. The van der Waals surface area contributed by atoms with Crippen molar-refractivity contribution in [1.82, 2.24) is 0 Å². The van der Waals surface area contributed by atoms with Crippen LogP contribution in [-0.4, -0.2) is 18.2 Å². The molecule has 3 rings (SSSR count). The van der Waals surface area contributed by atoms with E-state index in [9.17, 15) is 0 Å². The van der Waals surface area contributed by atoms with Crippen molar-refractivity contribution in [3.05, 3.63) is 27.3 Å². The molecule has 1 saturated heterocycles. The first-order valence-corrected chi connectivity index (χ1v) is 7.91. The van der Waals surface area contributed by atoms with E-state index in [1.165, 1.54) is 40.5 Å². The van der Waals surface area contributed by atoms with Gasteiger partial charge in [0.2, 0.25) is 0 Å². The Balaban J connectivity index is 1.70. The molecule has 1 aliphatic carbocycles. The maximum Gasteiger partial charge on any atom is 0.0702 e. The lowest BCUT2D eigenvalue weighted by molar-refractivity contribution is -0.130. The molecular weight excluding hydrogens is 337 g/mol. The quantitative estimate of drug-likeness (QED) is 0.805. The normalized spacial score (nSPS) is 25.8. The molecule has 0 amide bonds. The SMILES string of the molecule is Cc1ccc(I)cc1NC1CCOC2(CCC2)C1. The predicted molar refractivity (Wildman–Crippen MR) is 83.1 cm³/mol. The fraction of sp³-hybridized carbons (Fsp3) is 0.600. The van der Waals surface area contributed by atoms with Gasteiger partial charge in [0.15, 0.2) is 0 Å². The molecule has 1 saturated carbocycles. The van der Waals surface area contributed by atoms with Crippen molar-refractivity contribution in [2.45, 2.75) is 50.7 Å². The summed E-state index contributed by atoms with van der Waals surface area (Å²) in [5, 5.41) is 3.73. The van der Waals surface area contributed by atoms with Crippen LogP contribution < -0.4 is 5.32 Å². The Hall–Kier alpha value is -0.290. The molecule has 2 aliphatic rings. The number of rotatable bonds is 2. The van der Waals surface area contributed by atoms with E-state index in [-0.39, 0.29) is 5.60 Å². The molecule has 1 aromatic rings. The Bertz CT molecular complexity index is 442. The first kappa shape index (κ1) is 12.7. The summed E-state index contributed by atoms with van der Waals surface area (Å²) < 4.78 is 7.28. The lowest BCUT2D eigenvalue weighted by Crippen LogP contribution is -2.49. The number of halogens is 1. The van der Waals surface area contributed by atoms with Gasteiger partial charge in [0.05, 0.1) is 5.60 Å². The first-order valence-electron chi connectivity index (χ1n) is 6.84. The average Bonchev–Trinajstić information content (AvgIpc) is 2.32. The molecule has 1 unspecified atom stereocenters. The van der Waals surface area contributed by atoms with Crippen molar-refractivity contribution in [2.75, 3.05) is 11.9 Å². The maximum atomic E-state index is 5.98. The van der Waals surface area contributed by atoms with E-state index in [2.05, 4.69) is 53.0 Å². The van der Waals surface area contributed by atoms with Crippen molar-refractivity contribution in [3.63, 3.8) is 0 Å². The van der Waals surface area contributed by atoms with Gasteiger partial charge in [-0.1, -0.05) is 6.07 Å². The number of hydrogen-bond acceptors (Lipinski definition) is 2. The predicted octanol–water partition coefficient (Wildman–Crippen LogP) is 4.11. The Morgan fingerprint density at radius 1 is 1.39 bits per heavy atom. The van der Waals surface area contributed by atoms with Crippen LogP contribution in [0.5, 0.6) is 0 Å². The Kier molecular flexibility index (Phi) is 3.54. The Labute approximate surface area is 123 Å². The van der Waals surface area contributed by atoms with Crippen LogP contribution in [0.15, 0.2) is 18.2 Å². The van der Waals surface area contributed by atoms with Gasteiger partial charge < -0.3 is 10.1 Å². The third-order valence-electron chi connectivity index (χ3n) is 4.32. The largest absolute Gasteiger partial charge is 0.382 e. The van der Waals surface area contributed by atoms with Gasteiger partial charge >= 0.3 is 0 Å². The molecule has 1 spiro atoms. The van der Waals surface area contributed by atoms with Crippen molar-refractivity contribution in [2.24, 2.45) is 0 Å². The van der Waals surface area contributed by atoms with Crippen LogP contribution in [0.4, 0.5) is 5.69 Å². The van der Waals surface area contributed by atoms with Crippen LogP contribution in [0.1, 0.15) is 37.7 Å². The van der Waals surface area contributed by atoms with Gasteiger partial charge in [-0.3, -0.25) is 0 Å². The highest BCUT2D eigenvalue weighted by Crippen LogP contribution is 2.43. The van der Waals surface area contributed by atoms with E-state index in [1.807, 2.05) is 0 Å². The minimum atomic E-state index is 0.228. The van der Waals surface area contributed by atoms with E-state index in [1.54, 1.807) is 0 Å². The molecule has 3 heteroatoms. The second-order valence-corrected chi connectivity index (χ2v) is 6.92. The summed E-state index contributed by atoms with van der Waals surface area (Å²) in [7, 11) is 0. The molecule has 0 bridgehead atoms. The van der Waals surface area contributed by atoms with Gasteiger partial charge in [0.25, 0.3) is 0 Å². The molecule has 2 fully saturated rings. The fourth-order valence-corrected chi connectivity index (χ4v) is 3.53. The number of nitrogens with one attached hydrogen (secondary N) is 1. The van der Waals surface area contributed by atoms with Crippen LogP contribution in [-0.2, 0) is 4.74 Å². The van der Waals surface area contributed by atoms with Crippen molar-refractivity contribution in [1.29, 1.82) is 0 Å². The zero-order chi connectivity index (χ0) is 12.6. The summed E-state index contributed by atoms with van der Waals surface area (Å²) in [4.78, 5) is 0. The summed E-state index contributed by atoms with van der Waals surface area (Å²) in [6.45, 7) is 3.09. The standard InChI is InChI=1S/C15H20INO/c1-11-3-4-12(16)9-14(11)17-13-5-8-18-15(10-13)6-2-7-15/h3-4,9,13,17H,2,5-8,10H2,1H3. The summed E-state index contributed by atoms with van der Waals surface area (Å²) >= 11 is 2.38. The van der Waals surface area contributed by atoms with Crippen LogP contribution >= 0.6 is 22.6 Å². The van der Waals surface area contributed by atoms with Gasteiger partial charge in [-0.15, -0.1) is 0 Å². The molecule has 1 atom stereocenters. The monoisotopic (exact) mass is 357 g/mol. The van der Waals surface area contributed by atoms with Crippen LogP contribution in [0.3, 0.4) is 0 Å². The molecule has 1 aliphatic heterocycles. The zero-order valence-corrected chi connectivity index (χ0v) is 13.0. The van der Waals surface area contributed by atoms with Gasteiger partial charge in [-0.2, -0.15) is 0 Å². The van der Waals surface area contributed by atoms with Crippen molar-refractivity contribution in [3.8, 4) is 0 Å². The van der Waals surface area contributed by atoms with Crippen LogP contribution in [0.2, 0.25) is 0 Å². The minimum Gasteiger partial charge on any atom is -0.382 e. The number of benzene rings is 1. The Morgan fingerprint density at radius 2 is 2.22 bits per heavy atom. The first-order chi connectivity index (χ1) is 8.67. The molecule has 98 valence electrons. The second-order valence-electron chi connectivity index (χ2n) is 5.68. The molecular formula is C15H20INO. The van der Waals surface area contributed by atoms with Crippen molar-refractivity contribution >= 4 is 28.3 Å². The highest BCUT2D eigenvalue weighted by molar-refractivity contribution is 14.1. The summed E-state index contributed by atoms with van der Waals surface area (Å²) in [5.41, 5.74) is 2.86. The molecule has 0 aromatic heterocycles. The van der Waals surface area contributed by atoms with E-state index < -0.39 is 0 Å². The van der Waals surface area contributed by atoms with Gasteiger partial charge in [-0.05, 0) is 79.3 Å². The highest BCUT2D eigenvalue weighted by Gasteiger charge is 2.42. The summed E-state index contributed by atoms with van der Waals surface area (Å²) in [6.07, 6.45) is 6.17. The van der Waals surface area contributed by atoms with E-state index in [0.717, 1.165) is 13.0 Å². The van der Waals surface area contributed by atoms with E-state index in [0.29, 0.717) is 6.04 Å². The van der Waals surface area contributed by atoms with Gasteiger partial charge in [0, 0.05) is 21.9 Å². The molecule has 1 heterocycles. The summed E-state index contributed by atoms with van der Waals surface area (Å²) in [6, 6.07) is 7.19. The highest BCUT2D eigenvalue weighted by atomic mass is 127. The average molecular weight is 357 g/mol. The molecule has 1 aromatic carbocycles. The molecule has 0 radical (unpaired) electrons. The zero-order valence-electron chi connectivity index (χ0n) is 10.8. The van der Waals surface area contributed by atoms with Crippen molar-refractivity contribution < 1.29 is 4.74 Å². The lowest BCUT2D eigenvalue weighted by Gasteiger charge is -2.47. The van der Waals surface area contributed by atoms with Gasteiger partial charge in [0.1, 0.15) is 0 Å². The van der Waals surface area contributed by atoms with Crippen LogP contribution in [0, 0.1) is 10.5 Å². The number of anilines is 1.